The summed E-state index contributed by atoms with van der Waals surface area (Å²) in [7, 11) is 0. The van der Waals surface area contributed by atoms with E-state index in [1.165, 1.54) is 0 Å². The zero-order valence-corrected chi connectivity index (χ0v) is 18.3. The number of para-hydroxylation sites is 1. The van der Waals surface area contributed by atoms with Crippen molar-refractivity contribution >= 4 is 24.0 Å². The van der Waals surface area contributed by atoms with Crippen LogP contribution in [0.3, 0.4) is 0 Å². The fraction of sp³-hybridized carbons (Fsp3) is 0.360. The van der Waals surface area contributed by atoms with Gasteiger partial charge in [-0.05, 0) is 57.2 Å². The van der Waals surface area contributed by atoms with Gasteiger partial charge in [0.05, 0.1) is 35.9 Å². The molecular formula is C25H25N3O4. The van der Waals surface area contributed by atoms with Gasteiger partial charge < -0.3 is 9.30 Å². The molecule has 1 saturated heterocycles. The molecule has 32 heavy (non-hydrogen) atoms. The van der Waals surface area contributed by atoms with E-state index in [1.807, 2.05) is 36.6 Å². The highest BCUT2D eigenvalue weighted by atomic mass is 16.5. The van der Waals surface area contributed by atoms with Crippen LogP contribution in [0.15, 0.2) is 47.6 Å². The predicted molar refractivity (Wildman–Crippen MR) is 118 cm³/mol. The van der Waals surface area contributed by atoms with Gasteiger partial charge in [-0.1, -0.05) is 24.3 Å². The average molecular weight is 431 g/mol. The second-order valence-corrected chi connectivity index (χ2v) is 8.63. The Hall–Kier alpha value is -3.48. The molecular weight excluding hydrogens is 406 g/mol. The number of benzene rings is 1. The predicted octanol–water partition coefficient (Wildman–Crippen LogP) is 3.41. The molecule has 1 saturated carbocycles. The zero-order chi connectivity index (χ0) is 22.6. The molecule has 2 heterocycles. The minimum Gasteiger partial charge on any atom is -0.462 e. The number of aromatic nitrogens is 1. The maximum Gasteiger partial charge on any atom is 0.340 e. The highest BCUT2D eigenvalue weighted by Gasteiger charge is 2.59. The number of hydrazone groups is 1. The number of esters is 1. The van der Waals surface area contributed by atoms with Crippen molar-refractivity contribution in [3.8, 4) is 5.69 Å². The van der Waals surface area contributed by atoms with E-state index in [-0.39, 0.29) is 41.5 Å². The van der Waals surface area contributed by atoms with Crippen molar-refractivity contribution in [2.24, 2.45) is 28.8 Å². The van der Waals surface area contributed by atoms with Crippen LogP contribution in [0.4, 0.5) is 0 Å². The molecule has 0 spiro atoms. The normalized spacial score (nSPS) is 25.9. The summed E-state index contributed by atoms with van der Waals surface area (Å²) in [5.74, 6) is -0.993. The van der Waals surface area contributed by atoms with E-state index in [0.29, 0.717) is 17.9 Å². The first-order valence-electron chi connectivity index (χ1n) is 11.0. The summed E-state index contributed by atoms with van der Waals surface area (Å²) < 4.78 is 7.17. The number of nitrogens with zero attached hydrogens (tertiary/aromatic N) is 3. The molecule has 2 bridgehead atoms. The first-order valence-corrected chi connectivity index (χ1v) is 11.0. The molecule has 2 aromatic rings. The number of rotatable bonds is 5. The summed E-state index contributed by atoms with van der Waals surface area (Å²) in [5.41, 5.74) is 3.72. The molecule has 2 aliphatic carbocycles. The number of ether oxygens (including phenoxy) is 1. The van der Waals surface area contributed by atoms with Gasteiger partial charge in [-0.25, -0.2) is 4.79 Å². The zero-order valence-electron chi connectivity index (χ0n) is 18.3. The van der Waals surface area contributed by atoms with Crippen LogP contribution in [0.1, 0.15) is 40.7 Å². The molecule has 0 N–H and O–H groups in total. The molecule has 3 aliphatic rings. The van der Waals surface area contributed by atoms with E-state index in [4.69, 9.17) is 4.74 Å². The number of amides is 2. The number of fused-ring (bicyclic) bond motifs is 5. The van der Waals surface area contributed by atoms with Crippen LogP contribution in [0.5, 0.6) is 0 Å². The van der Waals surface area contributed by atoms with Crippen molar-refractivity contribution in [3.63, 3.8) is 0 Å². The van der Waals surface area contributed by atoms with Crippen molar-refractivity contribution in [2.75, 3.05) is 6.61 Å². The summed E-state index contributed by atoms with van der Waals surface area (Å²) in [6, 6.07) is 9.20. The SMILES string of the molecule is CCOC(=O)c1ccccc1-n1c(C)cc(/C=N\N2C(=O)[C@@H]3[C@H](C2=O)[C@H]2C=C[C@H]3C2)c1C. The second kappa shape index (κ2) is 7.58. The largest absolute Gasteiger partial charge is 0.462 e. The fourth-order valence-corrected chi connectivity index (χ4v) is 5.46. The molecule has 0 unspecified atom stereocenters. The molecule has 2 fully saturated rings. The van der Waals surface area contributed by atoms with Gasteiger partial charge in [0.2, 0.25) is 0 Å². The highest BCUT2D eigenvalue weighted by molar-refractivity contribution is 6.07. The van der Waals surface area contributed by atoms with E-state index in [9.17, 15) is 14.4 Å². The summed E-state index contributed by atoms with van der Waals surface area (Å²) in [4.78, 5) is 38.2. The lowest BCUT2D eigenvalue weighted by Gasteiger charge is -2.14. The quantitative estimate of drug-likeness (QED) is 0.314. The monoisotopic (exact) mass is 431 g/mol. The maximum atomic E-state index is 12.9. The number of aryl methyl sites for hydroxylation is 1. The first kappa shape index (κ1) is 20.4. The molecule has 0 radical (unpaired) electrons. The topological polar surface area (TPSA) is 81.0 Å². The Labute approximate surface area is 186 Å². The maximum absolute atomic E-state index is 12.9. The van der Waals surface area contributed by atoms with Gasteiger partial charge in [-0.2, -0.15) is 10.1 Å². The van der Waals surface area contributed by atoms with E-state index in [0.717, 1.165) is 28.4 Å². The summed E-state index contributed by atoms with van der Waals surface area (Å²) in [6.07, 6.45) is 6.60. The van der Waals surface area contributed by atoms with E-state index < -0.39 is 0 Å². The Morgan fingerprint density at radius 1 is 1.12 bits per heavy atom. The molecule has 7 nitrogen and oxygen atoms in total. The lowest BCUT2D eigenvalue weighted by Crippen LogP contribution is -2.28. The molecule has 1 aromatic carbocycles. The minimum absolute atomic E-state index is 0.158. The molecule has 5 rings (SSSR count). The van der Waals surface area contributed by atoms with Crippen molar-refractivity contribution < 1.29 is 19.1 Å². The van der Waals surface area contributed by atoms with Gasteiger partial charge in [-0.3, -0.25) is 9.59 Å². The van der Waals surface area contributed by atoms with Gasteiger partial charge in [0.25, 0.3) is 11.8 Å². The summed E-state index contributed by atoms with van der Waals surface area (Å²) >= 11 is 0. The minimum atomic E-state index is -0.381. The molecule has 1 aromatic heterocycles. The first-order chi connectivity index (χ1) is 15.4. The number of carbonyl (C=O) groups is 3. The summed E-state index contributed by atoms with van der Waals surface area (Å²) in [5, 5.41) is 5.36. The van der Waals surface area contributed by atoms with Crippen molar-refractivity contribution in [1.29, 1.82) is 0 Å². The highest BCUT2D eigenvalue weighted by Crippen LogP contribution is 2.52. The van der Waals surface area contributed by atoms with Gasteiger partial charge in [-0.15, -0.1) is 0 Å². The van der Waals surface area contributed by atoms with E-state index in [1.54, 1.807) is 25.3 Å². The number of imide groups is 1. The van der Waals surface area contributed by atoms with Crippen LogP contribution in [-0.4, -0.2) is 40.2 Å². The van der Waals surface area contributed by atoms with Crippen LogP contribution >= 0.6 is 0 Å². The van der Waals surface area contributed by atoms with Crippen LogP contribution in [0.2, 0.25) is 0 Å². The van der Waals surface area contributed by atoms with Gasteiger partial charge in [0, 0.05) is 17.0 Å². The van der Waals surface area contributed by atoms with Crippen LogP contribution in [-0.2, 0) is 14.3 Å². The standard InChI is InChI=1S/C25H25N3O4/c1-4-32-25(31)19-7-5-6-8-20(19)27-14(2)11-18(15(27)3)13-26-28-23(29)21-16-9-10-17(12-16)22(21)24(28)30/h5-11,13,16-17,21-22H,4,12H2,1-3H3/b26-13-/t16-,17-,21-,22+/m0/s1. The van der Waals surface area contributed by atoms with E-state index in [2.05, 4.69) is 17.3 Å². The van der Waals surface area contributed by atoms with Crippen molar-refractivity contribution in [3.05, 3.63) is 65.0 Å². The van der Waals surface area contributed by atoms with Crippen LogP contribution in [0.25, 0.3) is 5.69 Å². The second-order valence-electron chi connectivity index (χ2n) is 8.63. The molecule has 2 amide bonds. The number of hydrogen-bond acceptors (Lipinski definition) is 5. The van der Waals surface area contributed by atoms with E-state index >= 15 is 0 Å². The van der Waals surface area contributed by atoms with Crippen molar-refractivity contribution in [2.45, 2.75) is 27.2 Å². The third-order valence-electron chi connectivity index (χ3n) is 6.87. The number of carbonyl (C=O) groups excluding carboxylic acids is 3. The fourth-order valence-electron chi connectivity index (χ4n) is 5.46. The molecule has 4 atom stereocenters. The average Bonchev–Trinajstić information content (AvgIpc) is 3.51. The molecule has 1 aliphatic heterocycles. The van der Waals surface area contributed by atoms with Crippen LogP contribution in [0, 0.1) is 37.5 Å². The Balaban J connectivity index is 1.45. The summed E-state index contributed by atoms with van der Waals surface area (Å²) in [6.45, 7) is 5.93. The Kier molecular flexibility index (Phi) is 4.84. The lowest BCUT2D eigenvalue weighted by molar-refractivity contribution is -0.140. The lowest BCUT2D eigenvalue weighted by atomic mass is 9.85. The van der Waals surface area contributed by atoms with Gasteiger partial charge >= 0.3 is 5.97 Å². The molecule has 7 heteroatoms. The number of allylic oxidation sites excluding steroid dienone is 2. The molecule has 164 valence electrons. The van der Waals surface area contributed by atoms with Gasteiger partial charge in [0.15, 0.2) is 0 Å². The third kappa shape index (κ3) is 2.95. The Bertz CT molecular complexity index is 1160. The van der Waals surface area contributed by atoms with Crippen LogP contribution < -0.4 is 0 Å². The number of hydrogen-bond donors (Lipinski definition) is 0. The third-order valence-corrected chi connectivity index (χ3v) is 6.87. The van der Waals surface area contributed by atoms with Gasteiger partial charge in [0.1, 0.15) is 0 Å². The Morgan fingerprint density at radius 2 is 1.78 bits per heavy atom. The van der Waals surface area contributed by atoms with Crippen molar-refractivity contribution in [1.82, 2.24) is 9.58 Å². The Morgan fingerprint density at radius 3 is 2.44 bits per heavy atom. The smallest absolute Gasteiger partial charge is 0.340 e.